The maximum absolute atomic E-state index is 5.28. The first-order valence-electron chi connectivity index (χ1n) is 13.1. The average molecular weight is 466 g/mol. The molecule has 2 saturated heterocycles. The number of hydrogen-bond acceptors (Lipinski definition) is 7. The van der Waals surface area contributed by atoms with Crippen molar-refractivity contribution < 1.29 is 0 Å². The van der Waals surface area contributed by atoms with E-state index in [2.05, 4.69) is 56.0 Å². The van der Waals surface area contributed by atoms with Gasteiger partial charge in [-0.15, -0.1) is 0 Å². The summed E-state index contributed by atoms with van der Waals surface area (Å²) in [6.07, 6.45) is 20.4. The van der Waals surface area contributed by atoms with Crippen molar-refractivity contribution >= 4 is 22.5 Å². The highest BCUT2D eigenvalue weighted by Gasteiger charge is 2.39. The summed E-state index contributed by atoms with van der Waals surface area (Å²) in [7, 11) is 0. The molecule has 2 aliphatic heterocycles. The molecule has 5 heterocycles. The quantitative estimate of drug-likeness (QED) is 0.552. The van der Waals surface area contributed by atoms with Crippen LogP contribution in [0.4, 0.5) is 11.6 Å². The molecule has 1 saturated carbocycles. The van der Waals surface area contributed by atoms with Crippen molar-refractivity contribution in [2.75, 3.05) is 23.3 Å². The van der Waals surface area contributed by atoms with Gasteiger partial charge in [-0.3, -0.25) is 4.98 Å². The summed E-state index contributed by atoms with van der Waals surface area (Å²) in [4.78, 5) is 22.1. The van der Waals surface area contributed by atoms with Crippen LogP contribution in [0.25, 0.3) is 22.3 Å². The molecule has 2 atom stereocenters. The highest BCUT2D eigenvalue weighted by Crippen LogP contribution is 2.43. The van der Waals surface area contributed by atoms with Crippen molar-refractivity contribution in [3.05, 3.63) is 60.2 Å². The van der Waals surface area contributed by atoms with Crippen molar-refractivity contribution in [3.8, 4) is 11.4 Å². The van der Waals surface area contributed by atoms with E-state index in [-0.39, 0.29) is 0 Å². The molecule has 35 heavy (non-hydrogen) atoms. The molecule has 2 aliphatic carbocycles. The molecule has 2 N–H and O–H groups in total. The lowest BCUT2D eigenvalue weighted by Gasteiger charge is -2.30. The second kappa shape index (κ2) is 8.72. The second-order valence-electron chi connectivity index (χ2n) is 10.2. The maximum atomic E-state index is 5.28. The molecule has 178 valence electrons. The lowest BCUT2D eigenvalue weighted by Crippen LogP contribution is -2.35. The first kappa shape index (κ1) is 21.0. The number of nitrogens with one attached hydrogen (secondary N) is 2. The van der Waals surface area contributed by atoms with Gasteiger partial charge in [-0.2, -0.15) is 0 Å². The van der Waals surface area contributed by atoms with E-state index < -0.39 is 0 Å². The van der Waals surface area contributed by atoms with Crippen LogP contribution < -0.4 is 15.5 Å². The fraction of sp³-hybridized carbons (Fsp3) is 0.429. The molecule has 3 aromatic heterocycles. The monoisotopic (exact) mass is 465 g/mol. The van der Waals surface area contributed by atoms with Crippen molar-refractivity contribution in [1.82, 2.24) is 25.3 Å². The Morgan fingerprint density at radius 3 is 2.91 bits per heavy atom. The fourth-order valence-electron chi connectivity index (χ4n) is 6.09. The first-order valence-corrected chi connectivity index (χ1v) is 13.1. The molecule has 0 spiro atoms. The van der Waals surface area contributed by atoms with Crippen molar-refractivity contribution in [2.24, 2.45) is 0 Å². The normalized spacial score (nSPS) is 23.9. The third-order valence-corrected chi connectivity index (χ3v) is 8.15. The van der Waals surface area contributed by atoms with Crippen LogP contribution >= 0.6 is 0 Å². The maximum Gasteiger partial charge on any atom is 0.162 e. The van der Waals surface area contributed by atoms with Crippen LogP contribution in [0.5, 0.6) is 0 Å². The van der Waals surface area contributed by atoms with Gasteiger partial charge in [-0.1, -0.05) is 18.6 Å². The van der Waals surface area contributed by atoms with Gasteiger partial charge < -0.3 is 15.5 Å². The Hall–Kier alpha value is -3.32. The first-order chi connectivity index (χ1) is 17.3. The van der Waals surface area contributed by atoms with E-state index in [9.17, 15) is 0 Å². The number of nitrogens with zero attached hydrogens (tertiary/aromatic N) is 5. The van der Waals surface area contributed by atoms with Crippen LogP contribution in [0.3, 0.4) is 0 Å². The predicted molar refractivity (Wildman–Crippen MR) is 139 cm³/mol. The number of anilines is 2. The number of aromatic nitrogens is 4. The third-order valence-electron chi connectivity index (χ3n) is 8.15. The molecule has 0 radical (unpaired) electrons. The number of fused-ring (bicyclic) bond motifs is 2. The van der Waals surface area contributed by atoms with Crippen molar-refractivity contribution in [3.63, 3.8) is 0 Å². The SMILES string of the molecule is C1=CCCC(Nc2cc(-c3nc(N4CCC5NCCC54)c4c(C5CCC5)cncc4n3)ccn2)=C1. The highest BCUT2D eigenvalue weighted by atomic mass is 15.3. The van der Waals surface area contributed by atoms with E-state index in [1.165, 1.54) is 48.8 Å². The molecular formula is C28H31N7. The third kappa shape index (κ3) is 3.78. The minimum absolute atomic E-state index is 0.504. The van der Waals surface area contributed by atoms with Crippen LogP contribution in [-0.4, -0.2) is 45.1 Å². The minimum atomic E-state index is 0.504. The van der Waals surface area contributed by atoms with Crippen LogP contribution in [-0.2, 0) is 0 Å². The number of allylic oxidation sites excluding steroid dienone is 4. The van der Waals surface area contributed by atoms with E-state index in [0.717, 1.165) is 54.5 Å². The Morgan fingerprint density at radius 2 is 2.06 bits per heavy atom. The van der Waals surface area contributed by atoms with Gasteiger partial charge in [0.05, 0.1) is 11.7 Å². The Bertz CT molecular complexity index is 1330. The predicted octanol–water partition coefficient (Wildman–Crippen LogP) is 4.94. The van der Waals surface area contributed by atoms with Gasteiger partial charge in [0.2, 0.25) is 0 Å². The highest BCUT2D eigenvalue weighted by molar-refractivity contribution is 5.94. The number of pyridine rings is 2. The van der Waals surface area contributed by atoms with E-state index in [1.54, 1.807) is 0 Å². The summed E-state index contributed by atoms with van der Waals surface area (Å²) < 4.78 is 0. The molecule has 3 aromatic rings. The zero-order valence-electron chi connectivity index (χ0n) is 20.0. The number of hydrogen-bond donors (Lipinski definition) is 2. The Labute approximate surface area is 205 Å². The van der Waals surface area contributed by atoms with Gasteiger partial charge in [0, 0.05) is 47.7 Å². The van der Waals surface area contributed by atoms with Crippen LogP contribution in [0.2, 0.25) is 0 Å². The van der Waals surface area contributed by atoms with Crippen molar-refractivity contribution in [1.29, 1.82) is 0 Å². The fourth-order valence-corrected chi connectivity index (χ4v) is 6.09. The Balaban J connectivity index is 1.34. The zero-order valence-corrected chi connectivity index (χ0v) is 20.0. The lowest BCUT2D eigenvalue weighted by atomic mass is 9.79. The Kier molecular flexibility index (Phi) is 5.23. The molecule has 0 amide bonds. The second-order valence-corrected chi connectivity index (χ2v) is 10.2. The summed E-state index contributed by atoms with van der Waals surface area (Å²) in [6, 6.07) is 5.15. The largest absolute Gasteiger partial charge is 0.351 e. The summed E-state index contributed by atoms with van der Waals surface area (Å²) in [5.41, 5.74) is 4.45. The molecule has 0 bridgehead atoms. The topological polar surface area (TPSA) is 78.9 Å². The molecule has 4 aliphatic rings. The molecule has 7 nitrogen and oxygen atoms in total. The molecule has 0 aromatic carbocycles. The van der Waals surface area contributed by atoms with Gasteiger partial charge in [0.15, 0.2) is 5.82 Å². The summed E-state index contributed by atoms with van der Waals surface area (Å²) in [5, 5.41) is 8.39. The summed E-state index contributed by atoms with van der Waals surface area (Å²) >= 11 is 0. The summed E-state index contributed by atoms with van der Waals surface area (Å²) in [6.45, 7) is 2.12. The van der Waals surface area contributed by atoms with Crippen LogP contribution in [0, 0.1) is 0 Å². The van der Waals surface area contributed by atoms with Gasteiger partial charge in [-0.05, 0) is 74.8 Å². The molecular weight excluding hydrogens is 434 g/mol. The molecule has 7 rings (SSSR count). The zero-order chi connectivity index (χ0) is 23.2. The van der Waals surface area contributed by atoms with Gasteiger partial charge >= 0.3 is 0 Å². The van der Waals surface area contributed by atoms with E-state index in [0.29, 0.717) is 18.0 Å². The summed E-state index contributed by atoms with van der Waals surface area (Å²) in [5.74, 6) is 3.25. The van der Waals surface area contributed by atoms with E-state index >= 15 is 0 Å². The van der Waals surface area contributed by atoms with Crippen LogP contribution in [0.15, 0.2) is 54.6 Å². The van der Waals surface area contributed by atoms with Gasteiger partial charge in [0.1, 0.15) is 11.6 Å². The average Bonchev–Trinajstić information content (AvgIpc) is 3.48. The van der Waals surface area contributed by atoms with Gasteiger partial charge in [-0.25, -0.2) is 15.0 Å². The van der Waals surface area contributed by atoms with E-state index in [4.69, 9.17) is 9.97 Å². The number of rotatable bonds is 5. The van der Waals surface area contributed by atoms with Gasteiger partial charge in [0.25, 0.3) is 0 Å². The molecule has 2 unspecified atom stereocenters. The lowest BCUT2D eigenvalue weighted by molar-refractivity contribution is 0.421. The van der Waals surface area contributed by atoms with E-state index in [1.807, 2.05) is 18.5 Å². The standard InChI is InChI=1S/C28H31N7/c1-2-7-20(8-3-1)32-25-15-19(9-12-31-25)27-33-23-17-29-16-21(18-5-4-6-18)26(23)28(34-27)35-14-11-22-24(35)10-13-30-22/h1-2,7,9,12,15-18,22,24,30H,3-6,8,10-11,13-14H2,(H,31,32). The minimum Gasteiger partial charge on any atom is -0.351 e. The smallest absolute Gasteiger partial charge is 0.162 e. The van der Waals surface area contributed by atoms with Crippen molar-refractivity contribution in [2.45, 2.75) is 62.9 Å². The van der Waals surface area contributed by atoms with Crippen LogP contribution in [0.1, 0.15) is 56.4 Å². The molecule has 7 heteroatoms. The molecule has 3 fully saturated rings. The Morgan fingerprint density at radius 1 is 1.09 bits per heavy atom.